The normalized spacial score (nSPS) is 17.4. The number of methoxy groups -OCH3 is 1. The standard InChI is InChI=1S/C25H23N3O3S/c1-31-19-13-6-5-10-16(19)20-21-17(11-7-12-18(21)29)26-23-22(20)24(30)28-25(27-23)32-14-15-8-3-2-4-9-15/h2-6,8-10,13,20H,7,11-12,14H2,1H3,(H2,26,27,28,30)/t20-/m0/s1. The highest BCUT2D eigenvalue weighted by Crippen LogP contribution is 2.45. The third kappa shape index (κ3) is 3.73. The maximum absolute atomic E-state index is 13.3. The van der Waals surface area contributed by atoms with Gasteiger partial charge in [0.1, 0.15) is 11.6 Å². The second kappa shape index (κ2) is 8.67. The zero-order chi connectivity index (χ0) is 22.1. The third-order valence-electron chi connectivity index (χ3n) is 5.90. The van der Waals surface area contributed by atoms with E-state index in [0.29, 0.717) is 40.0 Å². The Morgan fingerprint density at radius 1 is 1.06 bits per heavy atom. The van der Waals surface area contributed by atoms with Gasteiger partial charge in [-0.25, -0.2) is 4.98 Å². The Labute approximate surface area is 190 Å². The number of ketones is 1. The van der Waals surface area contributed by atoms with Crippen LogP contribution in [0.25, 0.3) is 0 Å². The number of hydrogen-bond acceptors (Lipinski definition) is 6. The summed E-state index contributed by atoms with van der Waals surface area (Å²) in [5.74, 6) is 1.44. The molecule has 1 atom stereocenters. The van der Waals surface area contributed by atoms with E-state index < -0.39 is 5.92 Å². The van der Waals surface area contributed by atoms with Crippen molar-refractivity contribution in [2.45, 2.75) is 36.1 Å². The van der Waals surface area contributed by atoms with Gasteiger partial charge in [-0.15, -0.1) is 0 Å². The minimum Gasteiger partial charge on any atom is -0.496 e. The minimum atomic E-state index is -0.505. The zero-order valence-electron chi connectivity index (χ0n) is 17.7. The van der Waals surface area contributed by atoms with E-state index in [1.54, 1.807) is 7.11 Å². The van der Waals surface area contributed by atoms with Gasteiger partial charge in [0.05, 0.1) is 18.6 Å². The number of thioether (sulfide) groups is 1. The number of benzene rings is 2. The first-order valence-corrected chi connectivity index (χ1v) is 11.6. The smallest absolute Gasteiger partial charge is 0.257 e. The molecule has 3 aromatic rings. The molecular formula is C25H23N3O3S. The van der Waals surface area contributed by atoms with Crippen molar-refractivity contribution in [2.75, 3.05) is 12.4 Å². The average Bonchev–Trinajstić information content (AvgIpc) is 2.82. The van der Waals surface area contributed by atoms with Gasteiger partial charge >= 0.3 is 0 Å². The number of rotatable bonds is 5. The lowest BCUT2D eigenvalue weighted by atomic mass is 9.76. The van der Waals surface area contributed by atoms with E-state index in [1.807, 2.05) is 54.6 Å². The third-order valence-corrected chi connectivity index (χ3v) is 6.85. The van der Waals surface area contributed by atoms with Crippen LogP contribution in [0.5, 0.6) is 5.75 Å². The Kier molecular flexibility index (Phi) is 5.57. The number of carbonyl (C=O) groups is 1. The van der Waals surface area contributed by atoms with E-state index in [9.17, 15) is 9.59 Å². The lowest BCUT2D eigenvalue weighted by Crippen LogP contribution is -2.32. The quantitative estimate of drug-likeness (QED) is 0.440. The van der Waals surface area contributed by atoms with Gasteiger partial charge in [0, 0.05) is 29.0 Å². The lowest BCUT2D eigenvalue weighted by molar-refractivity contribution is -0.116. The van der Waals surface area contributed by atoms with Crippen LogP contribution in [0.4, 0.5) is 5.82 Å². The van der Waals surface area contributed by atoms with Crippen LogP contribution in [0.3, 0.4) is 0 Å². The zero-order valence-corrected chi connectivity index (χ0v) is 18.5. The van der Waals surface area contributed by atoms with Gasteiger partial charge in [-0.1, -0.05) is 60.3 Å². The molecule has 0 amide bonds. The van der Waals surface area contributed by atoms with Crippen LogP contribution in [0, 0.1) is 0 Å². The predicted octanol–water partition coefficient (Wildman–Crippen LogP) is 4.64. The number of anilines is 1. The number of para-hydroxylation sites is 1. The molecule has 32 heavy (non-hydrogen) atoms. The first kappa shape index (κ1) is 20.6. The molecule has 1 aliphatic heterocycles. The molecule has 0 fully saturated rings. The fourth-order valence-corrected chi connectivity index (χ4v) is 5.27. The van der Waals surface area contributed by atoms with E-state index in [1.165, 1.54) is 11.8 Å². The summed E-state index contributed by atoms with van der Waals surface area (Å²) in [6.07, 6.45) is 2.03. The first-order chi connectivity index (χ1) is 15.7. The molecule has 0 saturated heterocycles. The lowest BCUT2D eigenvalue weighted by Gasteiger charge is -2.33. The highest BCUT2D eigenvalue weighted by molar-refractivity contribution is 7.98. The fraction of sp³-hybridized carbons (Fsp3) is 0.240. The number of hydrogen-bond donors (Lipinski definition) is 2. The topological polar surface area (TPSA) is 84.1 Å². The summed E-state index contributed by atoms with van der Waals surface area (Å²) >= 11 is 1.48. The van der Waals surface area contributed by atoms with Gasteiger partial charge in [-0.05, 0) is 24.5 Å². The van der Waals surface area contributed by atoms with Crippen molar-refractivity contribution in [3.05, 3.63) is 92.9 Å². The van der Waals surface area contributed by atoms with Gasteiger partial charge in [0.25, 0.3) is 5.56 Å². The van der Waals surface area contributed by atoms with Gasteiger partial charge in [-0.3, -0.25) is 9.59 Å². The van der Waals surface area contributed by atoms with E-state index in [0.717, 1.165) is 29.7 Å². The largest absolute Gasteiger partial charge is 0.496 e. The van der Waals surface area contributed by atoms with E-state index in [4.69, 9.17) is 9.72 Å². The van der Waals surface area contributed by atoms with Crippen LogP contribution >= 0.6 is 11.8 Å². The SMILES string of the molecule is COc1ccccc1[C@H]1C2=C(CCCC2=O)Nc2nc(SCc3ccccc3)[nH]c(=O)c21. The maximum atomic E-state index is 13.3. The number of nitrogens with zero attached hydrogens (tertiary/aromatic N) is 1. The average molecular weight is 446 g/mol. The highest BCUT2D eigenvalue weighted by atomic mass is 32.2. The number of allylic oxidation sites excluding steroid dienone is 2. The first-order valence-electron chi connectivity index (χ1n) is 10.6. The van der Waals surface area contributed by atoms with Crippen LogP contribution in [-0.2, 0) is 10.5 Å². The predicted molar refractivity (Wildman–Crippen MR) is 125 cm³/mol. The van der Waals surface area contributed by atoms with Crippen molar-refractivity contribution in [1.82, 2.24) is 9.97 Å². The number of aromatic amines is 1. The molecule has 0 unspecified atom stereocenters. The Morgan fingerprint density at radius 3 is 2.66 bits per heavy atom. The summed E-state index contributed by atoms with van der Waals surface area (Å²) in [6, 6.07) is 17.6. The van der Waals surface area contributed by atoms with Crippen molar-refractivity contribution in [2.24, 2.45) is 0 Å². The number of carbonyl (C=O) groups excluding carboxylic acids is 1. The molecule has 2 aromatic carbocycles. The molecule has 0 radical (unpaired) electrons. The molecule has 5 rings (SSSR count). The second-order valence-corrected chi connectivity index (χ2v) is 8.84. The molecule has 1 aliphatic carbocycles. The fourth-order valence-electron chi connectivity index (χ4n) is 4.45. The Balaban J connectivity index is 1.60. The number of nitrogens with one attached hydrogen (secondary N) is 2. The maximum Gasteiger partial charge on any atom is 0.257 e. The molecule has 162 valence electrons. The Hall–Kier alpha value is -3.32. The highest BCUT2D eigenvalue weighted by Gasteiger charge is 2.39. The van der Waals surface area contributed by atoms with Crippen molar-refractivity contribution in [3.63, 3.8) is 0 Å². The second-order valence-electron chi connectivity index (χ2n) is 7.88. The van der Waals surface area contributed by atoms with E-state index in [-0.39, 0.29) is 11.3 Å². The summed E-state index contributed by atoms with van der Waals surface area (Å²) < 4.78 is 5.59. The molecule has 0 saturated carbocycles. The number of Topliss-reactive ketones (excluding diaryl/α,β-unsaturated/α-hetero) is 1. The van der Waals surface area contributed by atoms with Crippen LogP contribution < -0.4 is 15.6 Å². The van der Waals surface area contributed by atoms with Crippen LogP contribution in [0.15, 0.2) is 75.8 Å². The summed E-state index contributed by atoms with van der Waals surface area (Å²) in [4.78, 5) is 34.0. The summed E-state index contributed by atoms with van der Waals surface area (Å²) in [7, 11) is 1.60. The Morgan fingerprint density at radius 2 is 1.84 bits per heavy atom. The molecule has 2 N–H and O–H groups in total. The molecule has 2 aliphatic rings. The Bertz CT molecular complexity index is 1270. The van der Waals surface area contributed by atoms with Crippen molar-refractivity contribution >= 4 is 23.4 Å². The monoisotopic (exact) mass is 445 g/mol. The number of H-pyrrole nitrogens is 1. The number of aromatic nitrogens is 2. The number of ether oxygens (including phenoxy) is 1. The van der Waals surface area contributed by atoms with Gasteiger partial charge in [-0.2, -0.15) is 0 Å². The molecule has 7 heteroatoms. The van der Waals surface area contributed by atoms with Gasteiger partial charge in [0.15, 0.2) is 10.9 Å². The van der Waals surface area contributed by atoms with E-state index in [2.05, 4.69) is 10.3 Å². The molecule has 0 bridgehead atoms. The molecular weight excluding hydrogens is 422 g/mol. The van der Waals surface area contributed by atoms with Crippen LogP contribution in [-0.4, -0.2) is 22.9 Å². The van der Waals surface area contributed by atoms with Crippen molar-refractivity contribution in [3.8, 4) is 5.75 Å². The minimum absolute atomic E-state index is 0.0715. The van der Waals surface area contributed by atoms with Gasteiger partial charge in [0.2, 0.25) is 0 Å². The molecule has 1 aromatic heterocycles. The molecule has 2 heterocycles. The summed E-state index contributed by atoms with van der Waals surface area (Å²) in [5.41, 5.74) is 3.71. The summed E-state index contributed by atoms with van der Waals surface area (Å²) in [5, 5.41) is 3.87. The van der Waals surface area contributed by atoms with Crippen LogP contribution in [0.1, 0.15) is 41.9 Å². The van der Waals surface area contributed by atoms with Crippen LogP contribution in [0.2, 0.25) is 0 Å². The number of fused-ring (bicyclic) bond motifs is 1. The van der Waals surface area contributed by atoms with Crippen molar-refractivity contribution < 1.29 is 9.53 Å². The summed E-state index contributed by atoms with van der Waals surface area (Å²) in [6.45, 7) is 0. The molecule has 6 nitrogen and oxygen atoms in total. The van der Waals surface area contributed by atoms with Gasteiger partial charge < -0.3 is 15.0 Å². The van der Waals surface area contributed by atoms with E-state index >= 15 is 0 Å². The molecule has 0 spiro atoms. The van der Waals surface area contributed by atoms with Crippen molar-refractivity contribution in [1.29, 1.82) is 0 Å².